The highest BCUT2D eigenvalue weighted by atomic mass is 32.1. The standard InChI is InChI=1S/C20H20N2O4S/c1-25-17-7-6-14(9-18(17)26-2)20-22-16(12-27-20)10-19(24)21-15-5-3-4-13(8-15)11-23/h3-9,12,23H,10-11H2,1-2H3,(H,21,24). The molecule has 140 valence electrons. The molecule has 0 aliphatic heterocycles. The van der Waals surface area contributed by atoms with E-state index in [9.17, 15) is 9.90 Å². The van der Waals surface area contributed by atoms with Gasteiger partial charge in [-0.3, -0.25) is 4.79 Å². The molecule has 0 aliphatic rings. The summed E-state index contributed by atoms with van der Waals surface area (Å²) in [7, 11) is 3.18. The number of carbonyl (C=O) groups excluding carboxylic acids is 1. The number of hydrogen-bond acceptors (Lipinski definition) is 6. The highest BCUT2D eigenvalue weighted by Crippen LogP contribution is 2.33. The molecule has 1 amide bonds. The number of aliphatic hydroxyl groups is 1. The number of ether oxygens (including phenoxy) is 2. The van der Waals surface area contributed by atoms with Crippen LogP contribution in [0.3, 0.4) is 0 Å². The molecule has 0 unspecified atom stereocenters. The topological polar surface area (TPSA) is 80.7 Å². The molecule has 0 saturated heterocycles. The Hall–Kier alpha value is -2.90. The molecular formula is C20H20N2O4S. The minimum atomic E-state index is -0.158. The van der Waals surface area contributed by atoms with Crippen LogP contribution in [0, 0.1) is 0 Å². The van der Waals surface area contributed by atoms with Crippen LogP contribution in [0.15, 0.2) is 47.8 Å². The van der Waals surface area contributed by atoms with Gasteiger partial charge in [-0.15, -0.1) is 11.3 Å². The number of benzene rings is 2. The van der Waals surface area contributed by atoms with Gasteiger partial charge in [0, 0.05) is 16.6 Å². The van der Waals surface area contributed by atoms with Crippen LogP contribution in [-0.4, -0.2) is 30.2 Å². The van der Waals surface area contributed by atoms with Crippen molar-refractivity contribution in [2.24, 2.45) is 0 Å². The van der Waals surface area contributed by atoms with E-state index in [2.05, 4.69) is 10.3 Å². The Bertz CT molecular complexity index is 939. The van der Waals surface area contributed by atoms with Gasteiger partial charge in [0.15, 0.2) is 11.5 Å². The lowest BCUT2D eigenvalue weighted by molar-refractivity contribution is -0.115. The molecule has 7 heteroatoms. The SMILES string of the molecule is COc1ccc(-c2nc(CC(=O)Nc3cccc(CO)c3)cs2)cc1OC. The van der Waals surface area contributed by atoms with Crippen LogP contribution in [0.25, 0.3) is 10.6 Å². The average Bonchev–Trinajstić information content (AvgIpc) is 3.15. The molecule has 27 heavy (non-hydrogen) atoms. The Kier molecular flexibility index (Phi) is 6.05. The van der Waals surface area contributed by atoms with Crippen molar-refractivity contribution in [1.29, 1.82) is 0 Å². The lowest BCUT2D eigenvalue weighted by Crippen LogP contribution is -2.14. The van der Waals surface area contributed by atoms with Gasteiger partial charge in [-0.25, -0.2) is 4.98 Å². The molecule has 0 aliphatic carbocycles. The number of aliphatic hydroxyl groups excluding tert-OH is 1. The minimum Gasteiger partial charge on any atom is -0.493 e. The van der Waals surface area contributed by atoms with Gasteiger partial charge < -0.3 is 19.9 Å². The van der Waals surface area contributed by atoms with Gasteiger partial charge in [0.2, 0.25) is 5.91 Å². The largest absolute Gasteiger partial charge is 0.493 e. The van der Waals surface area contributed by atoms with Crippen LogP contribution in [0.5, 0.6) is 11.5 Å². The maximum absolute atomic E-state index is 12.3. The van der Waals surface area contributed by atoms with Gasteiger partial charge in [0.25, 0.3) is 0 Å². The first-order valence-corrected chi connectivity index (χ1v) is 9.17. The van der Waals surface area contributed by atoms with E-state index in [1.807, 2.05) is 23.6 Å². The van der Waals surface area contributed by atoms with Crippen LogP contribution in [0.2, 0.25) is 0 Å². The van der Waals surface area contributed by atoms with E-state index in [1.54, 1.807) is 38.5 Å². The number of thiazole rings is 1. The van der Waals surface area contributed by atoms with E-state index in [0.717, 1.165) is 16.1 Å². The zero-order valence-electron chi connectivity index (χ0n) is 15.1. The summed E-state index contributed by atoms with van der Waals surface area (Å²) < 4.78 is 10.6. The second-order valence-electron chi connectivity index (χ2n) is 5.80. The highest BCUT2D eigenvalue weighted by Gasteiger charge is 2.12. The van der Waals surface area contributed by atoms with Gasteiger partial charge in [0.05, 0.1) is 32.9 Å². The molecule has 0 bridgehead atoms. The third kappa shape index (κ3) is 4.64. The second kappa shape index (κ2) is 8.66. The fourth-order valence-electron chi connectivity index (χ4n) is 2.61. The fraction of sp³-hybridized carbons (Fsp3) is 0.200. The van der Waals surface area contributed by atoms with Crippen molar-refractivity contribution in [3.8, 4) is 22.1 Å². The second-order valence-corrected chi connectivity index (χ2v) is 6.66. The number of rotatable bonds is 7. The van der Waals surface area contributed by atoms with Gasteiger partial charge in [-0.05, 0) is 35.9 Å². The number of carbonyl (C=O) groups is 1. The molecule has 0 spiro atoms. The van der Waals surface area contributed by atoms with Gasteiger partial charge in [0.1, 0.15) is 5.01 Å². The van der Waals surface area contributed by atoms with Crippen molar-refractivity contribution in [2.45, 2.75) is 13.0 Å². The fourth-order valence-corrected chi connectivity index (χ4v) is 3.42. The average molecular weight is 384 g/mol. The molecule has 1 aromatic heterocycles. The van der Waals surface area contributed by atoms with E-state index in [4.69, 9.17) is 9.47 Å². The van der Waals surface area contributed by atoms with Crippen molar-refractivity contribution < 1.29 is 19.4 Å². The maximum atomic E-state index is 12.3. The Morgan fingerprint density at radius 2 is 1.96 bits per heavy atom. The normalized spacial score (nSPS) is 10.5. The molecule has 6 nitrogen and oxygen atoms in total. The Labute approximate surface area is 161 Å². The number of nitrogens with one attached hydrogen (secondary N) is 1. The quantitative estimate of drug-likeness (QED) is 0.652. The summed E-state index contributed by atoms with van der Waals surface area (Å²) in [6.45, 7) is -0.0650. The van der Waals surface area contributed by atoms with Crippen molar-refractivity contribution in [3.05, 3.63) is 59.1 Å². The summed E-state index contributed by atoms with van der Waals surface area (Å²) in [5.74, 6) is 1.13. The van der Waals surface area contributed by atoms with Crippen molar-refractivity contribution >= 4 is 22.9 Å². The van der Waals surface area contributed by atoms with Gasteiger partial charge in [-0.2, -0.15) is 0 Å². The van der Waals surface area contributed by atoms with Crippen LogP contribution in [0.4, 0.5) is 5.69 Å². The lowest BCUT2D eigenvalue weighted by Gasteiger charge is -2.08. The van der Waals surface area contributed by atoms with Crippen LogP contribution in [-0.2, 0) is 17.8 Å². The van der Waals surface area contributed by atoms with Crippen molar-refractivity contribution in [2.75, 3.05) is 19.5 Å². The number of aromatic nitrogens is 1. The summed E-state index contributed by atoms with van der Waals surface area (Å²) in [6, 6.07) is 12.7. The Morgan fingerprint density at radius 3 is 2.70 bits per heavy atom. The number of anilines is 1. The first kappa shape index (κ1) is 18.9. The predicted molar refractivity (Wildman–Crippen MR) is 105 cm³/mol. The van der Waals surface area contributed by atoms with Crippen LogP contribution < -0.4 is 14.8 Å². The van der Waals surface area contributed by atoms with Crippen LogP contribution >= 0.6 is 11.3 Å². The van der Waals surface area contributed by atoms with Gasteiger partial charge in [-0.1, -0.05) is 12.1 Å². The third-order valence-corrected chi connectivity index (χ3v) is 4.86. The number of methoxy groups -OCH3 is 2. The van der Waals surface area contributed by atoms with E-state index >= 15 is 0 Å². The molecule has 2 N–H and O–H groups in total. The molecular weight excluding hydrogens is 364 g/mol. The summed E-state index contributed by atoms with van der Waals surface area (Å²) in [5, 5.41) is 14.7. The zero-order valence-corrected chi connectivity index (χ0v) is 15.9. The zero-order chi connectivity index (χ0) is 19.2. The summed E-state index contributed by atoms with van der Waals surface area (Å²) in [6.07, 6.45) is 0.174. The molecule has 0 saturated carbocycles. The summed E-state index contributed by atoms with van der Waals surface area (Å²) >= 11 is 1.47. The van der Waals surface area contributed by atoms with Gasteiger partial charge >= 0.3 is 0 Å². The molecule has 3 rings (SSSR count). The molecule has 1 heterocycles. The molecule has 3 aromatic rings. The summed E-state index contributed by atoms with van der Waals surface area (Å²) in [4.78, 5) is 16.8. The maximum Gasteiger partial charge on any atom is 0.230 e. The van der Waals surface area contributed by atoms with E-state index < -0.39 is 0 Å². The molecule has 2 aromatic carbocycles. The highest BCUT2D eigenvalue weighted by molar-refractivity contribution is 7.13. The summed E-state index contributed by atoms with van der Waals surface area (Å²) in [5.41, 5.74) is 3.00. The molecule has 0 atom stereocenters. The smallest absolute Gasteiger partial charge is 0.230 e. The number of amides is 1. The van der Waals surface area contributed by atoms with E-state index in [1.165, 1.54) is 11.3 Å². The van der Waals surface area contributed by atoms with E-state index in [-0.39, 0.29) is 18.9 Å². The Balaban J connectivity index is 1.69. The first-order chi connectivity index (χ1) is 13.1. The Morgan fingerprint density at radius 1 is 1.15 bits per heavy atom. The third-order valence-electron chi connectivity index (χ3n) is 3.92. The predicted octanol–water partition coefficient (Wildman–Crippen LogP) is 3.50. The van der Waals surface area contributed by atoms with E-state index in [0.29, 0.717) is 22.9 Å². The number of hydrogen-bond donors (Lipinski definition) is 2. The lowest BCUT2D eigenvalue weighted by atomic mass is 10.2. The van der Waals surface area contributed by atoms with Crippen molar-refractivity contribution in [1.82, 2.24) is 4.98 Å². The minimum absolute atomic E-state index is 0.0650. The monoisotopic (exact) mass is 384 g/mol. The first-order valence-electron chi connectivity index (χ1n) is 8.29. The van der Waals surface area contributed by atoms with Crippen molar-refractivity contribution in [3.63, 3.8) is 0 Å². The molecule has 0 fully saturated rings. The number of nitrogens with zero attached hydrogens (tertiary/aromatic N) is 1. The van der Waals surface area contributed by atoms with Crippen LogP contribution in [0.1, 0.15) is 11.3 Å². The molecule has 0 radical (unpaired) electrons.